The van der Waals surface area contributed by atoms with E-state index < -0.39 is 0 Å². The van der Waals surface area contributed by atoms with E-state index in [4.69, 9.17) is 19.7 Å². The minimum Gasteiger partial charge on any atom is -0.496 e. The number of hydrogen-bond donors (Lipinski definition) is 3. The summed E-state index contributed by atoms with van der Waals surface area (Å²) in [7, 11) is 1.71. The Labute approximate surface area is 245 Å². The Hall–Kier alpha value is -2.66. The van der Waals surface area contributed by atoms with Gasteiger partial charge in [-0.15, -0.1) is 0 Å². The van der Waals surface area contributed by atoms with Crippen molar-refractivity contribution in [3.63, 3.8) is 0 Å². The highest BCUT2D eigenvalue weighted by atomic mass is 127. The first kappa shape index (κ1) is 27.9. The van der Waals surface area contributed by atoms with E-state index in [2.05, 4.69) is 79.8 Å². The fourth-order valence-electron chi connectivity index (χ4n) is 5.52. The Morgan fingerprint density at radius 1 is 0.821 bits per heavy atom. The number of halogens is 1. The van der Waals surface area contributed by atoms with Gasteiger partial charge in [0.05, 0.1) is 7.11 Å². The fraction of sp³-hybridized carbons (Fsp3) is 0.500. The standard InChI is InChI=1S/C30H40IN7O/c1-39-27-14-13-26(19-23(27)20-31)34-30-36-28(32-24-11-7-2-3-8-12-24)35-29(37-30)33-25-15-17-38(18-16-25)21-22-9-5-4-6-10-22/h4-6,9-10,13-14,19,24-25H,2-3,7-8,11-12,15-18,20-21H2,1H3,(H3,32,33,34,35,36,37). The third-order valence-corrected chi connectivity index (χ3v) is 8.50. The molecule has 1 aromatic heterocycles. The molecule has 3 aromatic rings. The number of rotatable bonds is 10. The molecule has 2 fully saturated rings. The Kier molecular flexibility index (Phi) is 10.1. The first-order chi connectivity index (χ1) is 19.2. The molecule has 8 nitrogen and oxygen atoms in total. The lowest BCUT2D eigenvalue weighted by atomic mass is 10.0. The van der Waals surface area contributed by atoms with Crippen LogP contribution < -0.4 is 20.7 Å². The van der Waals surface area contributed by atoms with E-state index in [-0.39, 0.29) is 0 Å². The molecule has 0 unspecified atom stereocenters. The molecule has 0 bridgehead atoms. The minimum atomic E-state index is 0.338. The number of anilines is 4. The summed E-state index contributed by atoms with van der Waals surface area (Å²) in [6.45, 7) is 3.12. The number of aromatic nitrogens is 3. The lowest BCUT2D eigenvalue weighted by Crippen LogP contribution is -2.39. The average Bonchev–Trinajstić information content (AvgIpc) is 3.23. The molecular weight excluding hydrogens is 601 g/mol. The zero-order valence-electron chi connectivity index (χ0n) is 22.8. The van der Waals surface area contributed by atoms with E-state index in [0.717, 1.165) is 66.7 Å². The molecule has 5 rings (SSSR count). The Morgan fingerprint density at radius 2 is 1.46 bits per heavy atom. The van der Waals surface area contributed by atoms with Crippen LogP contribution in [-0.2, 0) is 11.0 Å². The van der Waals surface area contributed by atoms with Gasteiger partial charge >= 0.3 is 0 Å². The second kappa shape index (κ2) is 14.1. The van der Waals surface area contributed by atoms with Gasteiger partial charge in [-0.2, -0.15) is 15.0 Å². The molecule has 1 aliphatic heterocycles. The van der Waals surface area contributed by atoms with Gasteiger partial charge in [0, 0.05) is 47.4 Å². The van der Waals surface area contributed by atoms with Crippen molar-refractivity contribution in [3.05, 3.63) is 59.7 Å². The number of likely N-dealkylation sites (tertiary alicyclic amines) is 1. The van der Waals surface area contributed by atoms with Gasteiger partial charge in [0.15, 0.2) is 0 Å². The molecule has 0 amide bonds. The summed E-state index contributed by atoms with van der Waals surface area (Å²) < 4.78 is 6.36. The Morgan fingerprint density at radius 3 is 2.10 bits per heavy atom. The number of nitrogens with one attached hydrogen (secondary N) is 3. The molecule has 0 spiro atoms. The highest BCUT2D eigenvalue weighted by molar-refractivity contribution is 14.1. The molecule has 1 saturated carbocycles. The summed E-state index contributed by atoms with van der Waals surface area (Å²) in [6.07, 6.45) is 9.58. The quantitative estimate of drug-likeness (QED) is 0.127. The normalized spacial score (nSPS) is 17.4. The van der Waals surface area contributed by atoms with Crippen molar-refractivity contribution in [2.24, 2.45) is 0 Å². The first-order valence-corrected chi connectivity index (χ1v) is 15.8. The van der Waals surface area contributed by atoms with Crippen molar-refractivity contribution >= 4 is 46.1 Å². The molecule has 0 atom stereocenters. The number of piperidine rings is 1. The van der Waals surface area contributed by atoms with E-state index >= 15 is 0 Å². The van der Waals surface area contributed by atoms with Gasteiger partial charge in [-0.3, -0.25) is 4.90 Å². The van der Waals surface area contributed by atoms with Crippen molar-refractivity contribution in [1.29, 1.82) is 0 Å². The summed E-state index contributed by atoms with van der Waals surface area (Å²) in [5.41, 5.74) is 3.44. The van der Waals surface area contributed by atoms with Crippen LogP contribution in [0.1, 0.15) is 62.5 Å². The minimum absolute atomic E-state index is 0.338. The van der Waals surface area contributed by atoms with Crippen LogP contribution in [0.25, 0.3) is 0 Å². The molecule has 208 valence electrons. The summed E-state index contributed by atoms with van der Waals surface area (Å²) in [5, 5.41) is 10.7. The lowest BCUT2D eigenvalue weighted by Gasteiger charge is -2.32. The van der Waals surface area contributed by atoms with Crippen LogP contribution >= 0.6 is 22.6 Å². The third-order valence-electron chi connectivity index (χ3n) is 7.67. The zero-order chi connectivity index (χ0) is 26.9. The zero-order valence-corrected chi connectivity index (χ0v) is 25.0. The van der Waals surface area contributed by atoms with Gasteiger partial charge < -0.3 is 20.7 Å². The van der Waals surface area contributed by atoms with Gasteiger partial charge in [0.1, 0.15) is 5.75 Å². The second-order valence-electron chi connectivity index (χ2n) is 10.6. The summed E-state index contributed by atoms with van der Waals surface area (Å²) >= 11 is 2.36. The van der Waals surface area contributed by atoms with Crippen LogP contribution in [-0.4, -0.2) is 52.1 Å². The number of benzene rings is 2. The maximum Gasteiger partial charge on any atom is 0.233 e. The highest BCUT2D eigenvalue weighted by Gasteiger charge is 2.21. The molecule has 9 heteroatoms. The van der Waals surface area contributed by atoms with Crippen molar-refractivity contribution in [2.75, 3.05) is 36.1 Å². The van der Waals surface area contributed by atoms with Crippen molar-refractivity contribution in [2.45, 2.75) is 74.4 Å². The van der Waals surface area contributed by atoms with E-state index in [0.29, 0.717) is 29.9 Å². The summed E-state index contributed by atoms with van der Waals surface area (Å²) in [5.74, 6) is 2.72. The van der Waals surface area contributed by atoms with Crippen LogP contribution in [0.2, 0.25) is 0 Å². The van der Waals surface area contributed by atoms with Gasteiger partial charge in [-0.1, -0.05) is 78.6 Å². The molecule has 39 heavy (non-hydrogen) atoms. The molecule has 2 aromatic carbocycles. The van der Waals surface area contributed by atoms with E-state index in [1.165, 1.54) is 31.2 Å². The van der Waals surface area contributed by atoms with Crippen LogP contribution in [0.3, 0.4) is 0 Å². The van der Waals surface area contributed by atoms with Gasteiger partial charge in [-0.25, -0.2) is 0 Å². The van der Waals surface area contributed by atoms with Crippen LogP contribution in [0.5, 0.6) is 5.75 Å². The fourth-order valence-corrected chi connectivity index (χ4v) is 6.11. The maximum absolute atomic E-state index is 5.50. The molecule has 2 heterocycles. The Balaban J connectivity index is 1.28. The number of methoxy groups -OCH3 is 1. The second-order valence-corrected chi connectivity index (χ2v) is 11.4. The topological polar surface area (TPSA) is 87.2 Å². The van der Waals surface area contributed by atoms with Gasteiger partial charge in [0.25, 0.3) is 0 Å². The van der Waals surface area contributed by atoms with Crippen molar-refractivity contribution in [3.8, 4) is 5.75 Å². The number of ether oxygens (including phenoxy) is 1. The first-order valence-electron chi connectivity index (χ1n) is 14.2. The van der Waals surface area contributed by atoms with E-state index in [1.807, 2.05) is 12.1 Å². The lowest BCUT2D eigenvalue weighted by molar-refractivity contribution is 0.211. The predicted octanol–water partition coefficient (Wildman–Crippen LogP) is 6.77. The van der Waals surface area contributed by atoms with Crippen molar-refractivity contribution in [1.82, 2.24) is 19.9 Å². The van der Waals surface area contributed by atoms with Gasteiger partial charge in [0.2, 0.25) is 17.8 Å². The third kappa shape index (κ3) is 8.17. The number of hydrogen-bond acceptors (Lipinski definition) is 8. The number of nitrogens with zero attached hydrogens (tertiary/aromatic N) is 4. The number of alkyl halides is 1. The monoisotopic (exact) mass is 641 g/mol. The predicted molar refractivity (Wildman–Crippen MR) is 167 cm³/mol. The van der Waals surface area contributed by atoms with Crippen LogP contribution in [0, 0.1) is 0 Å². The molecule has 3 N–H and O–H groups in total. The molecule has 0 radical (unpaired) electrons. The summed E-state index contributed by atoms with van der Waals surface area (Å²) in [4.78, 5) is 16.9. The average molecular weight is 642 g/mol. The molecule has 2 aliphatic rings. The van der Waals surface area contributed by atoms with Crippen LogP contribution in [0.15, 0.2) is 48.5 Å². The molecule has 1 saturated heterocycles. The SMILES string of the molecule is COc1ccc(Nc2nc(NC3CCCCCC3)nc(NC3CCN(Cc4ccccc4)CC3)n2)cc1CI. The molecule has 1 aliphatic carbocycles. The largest absolute Gasteiger partial charge is 0.496 e. The maximum atomic E-state index is 5.50. The van der Waals surface area contributed by atoms with Gasteiger partial charge in [-0.05, 0) is 49.4 Å². The Bertz CT molecular complexity index is 1180. The molecular formula is C30H40IN7O. The van der Waals surface area contributed by atoms with E-state index in [1.54, 1.807) is 7.11 Å². The van der Waals surface area contributed by atoms with E-state index in [9.17, 15) is 0 Å². The highest BCUT2D eigenvalue weighted by Crippen LogP contribution is 2.27. The summed E-state index contributed by atoms with van der Waals surface area (Å²) in [6, 6.07) is 17.6. The van der Waals surface area contributed by atoms with Crippen LogP contribution in [0.4, 0.5) is 23.5 Å². The van der Waals surface area contributed by atoms with Crippen molar-refractivity contribution < 1.29 is 4.74 Å². The smallest absolute Gasteiger partial charge is 0.233 e.